The lowest BCUT2D eigenvalue weighted by Crippen LogP contribution is -2.49. The highest BCUT2D eigenvalue weighted by Crippen LogP contribution is 2.54. The number of nitriles is 1. The first-order chi connectivity index (χ1) is 14.1. The molecule has 0 bridgehead atoms. The average Bonchev–Trinajstić information content (AvgIpc) is 2.64. The first-order valence-electron chi connectivity index (χ1n) is 11.2. The van der Waals surface area contributed by atoms with Gasteiger partial charge in [-0.2, -0.15) is 5.26 Å². The fourth-order valence-electron chi connectivity index (χ4n) is 4.47. The molecule has 0 atom stereocenters. The maximum absolute atomic E-state index is 12.6. The molecule has 30 heavy (non-hydrogen) atoms. The molecule has 4 nitrogen and oxygen atoms in total. The molecule has 5 heteroatoms. The van der Waals surface area contributed by atoms with E-state index in [0.717, 1.165) is 24.6 Å². The van der Waals surface area contributed by atoms with Crippen LogP contribution in [0.5, 0.6) is 0 Å². The molecule has 0 radical (unpaired) electrons. The molecular formula is C25H37FN2O2. The van der Waals surface area contributed by atoms with E-state index < -0.39 is 5.82 Å². The summed E-state index contributed by atoms with van der Waals surface area (Å²) in [5, 5.41) is 8.32. The van der Waals surface area contributed by atoms with Crippen molar-refractivity contribution in [3.63, 3.8) is 0 Å². The fraction of sp³-hybridized carbons (Fsp3) is 0.680. The highest BCUT2D eigenvalue weighted by molar-refractivity contribution is 5.68. The van der Waals surface area contributed by atoms with Gasteiger partial charge >= 0.3 is 6.09 Å². The van der Waals surface area contributed by atoms with Gasteiger partial charge in [-0.25, -0.2) is 9.18 Å². The Morgan fingerprint density at radius 1 is 1.30 bits per heavy atom. The first kappa shape index (κ1) is 24.2. The van der Waals surface area contributed by atoms with Gasteiger partial charge in [-0.05, 0) is 82.4 Å². The Morgan fingerprint density at radius 3 is 2.43 bits per heavy atom. The van der Waals surface area contributed by atoms with Gasteiger partial charge in [-0.3, -0.25) is 0 Å². The van der Waals surface area contributed by atoms with Crippen LogP contribution in [0.2, 0.25) is 0 Å². The van der Waals surface area contributed by atoms with Crippen LogP contribution in [0.15, 0.2) is 18.2 Å². The summed E-state index contributed by atoms with van der Waals surface area (Å²) in [5.41, 5.74) is 1.12. The molecule has 1 aromatic rings. The second kappa shape index (κ2) is 10.3. The summed E-state index contributed by atoms with van der Waals surface area (Å²) < 4.78 is 18.1. The standard InChI is InChI=1S/C17H31NO2.C8H6FN/c1-5-6-7-14-12-17(13-14)8-10-18(11-9-17)15(19)20-16(2,3)4;1-6-2-3-7(5-10)8(9)4-6/h14H,5-13H2,1-4H3;2-4H,1H3. The highest BCUT2D eigenvalue weighted by Gasteiger charge is 2.46. The van der Waals surface area contributed by atoms with Crippen LogP contribution in [-0.4, -0.2) is 29.7 Å². The topological polar surface area (TPSA) is 53.3 Å². The predicted molar refractivity (Wildman–Crippen MR) is 118 cm³/mol. The van der Waals surface area contributed by atoms with Gasteiger partial charge in [0.15, 0.2) is 0 Å². The number of carbonyl (C=O) groups excluding carboxylic acids is 1. The molecule has 1 aromatic carbocycles. The number of ether oxygens (including phenoxy) is 1. The van der Waals surface area contributed by atoms with E-state index in [2.05, 4.69) is 6.92 Å². The predicted octanol–water partition coefficient (Wildman–Crippen LogP) is 6.61. The number of rotatable bonds is 3. The number of halogens is 1. The van der Waals surface area contributed by atoms with E-state index >= 15 is 0 Å². The van der Waals surface area contributed by atoms with E-state index in [0.29, 0.717) is 5.41 Å². The quantitative estimate of drug-likeness (QED) is 0.557. The second-order valence-electron chi connectivity index (χ2n) is 9.98. The molecule has 1 saturated carbocycles. The van der Waals surface area contributed by atoms with Crippen molar-refractivity contribution in [1.82, 2.24) is 4.90 Å². The summed E-state index contributed by atoms with van der Waals surface area (Å²) in [4.78, 5) is 13.9. The van der Waals surface area contributed by atoms with Gasteiger partial charge in [0.05, 0.1) is 5.56 Å². The Hall–Kier alpha value is -2.09. The van der Waals surface area contributed by atoms with Crippen molar-refractivity contribution in [3.8, 4) is 6.07 Å². The number of benzene rings is 1. The molecule has 1 saturated heterocycles. The molecule has 1 spiro atoms. The monoisotopic (exact) mass is 416 g/mol. The van der Waals surface area contributed by atoms with Crippen molar-refractivity contribution in [2.24, 2.45) is 11.3 Å². The van der Waals surface area contributed by atoms with Crippen LogP contribution in [0.25, 0.3) is 0 Å². The Balaban J connectivity index is 0.000000269. The molecule has 2 aliphatic rings. The highest BCUT2D eigenvalue weighted by atomic mass is 19.1. The molecule has 1 aliphatic heterocycles. The van der Waals surface area contributed by atoms with Crippen LogP contribution in [0.1, 0.15) is 83.8 Å². The minimum atomic E-state index is -0.442. The van der Waals surface area contributed by atoms with Gasteiger partial charge in [0.2, 0.25) is 0 Å². The number of nitrogens with zero attached hydrogens (tertiary/aromatic N) is 2. The zero-order valence-corrected chi connectivity index (χ0v) is 19.3. The van der Waals surface area contributed by atoms with Crippen LogP contribution in [0, 0.1) is 35.4 Å². The Morgan fingerprint density at radius 2 is 1.93 bits per heavy atom. The Bertz CT molecular complexity index is 747. The van der Waals surface area contributed by atoms with Crippen molar-refractivity contribution in [3.05, 3.63) is 35.1 Å². The van der Waals surface area contributed by atoms with Crippen LogP contribution in [0.4, 0.5) is 9.18 Å². The minimum Gasteiger partial charge on any atom is -0.444 e. The summed E-state index contributed by atoms with van der Waals surface area (Å²) in [6.45, 7) is 11.6. The lowest BCUT2D eigenvalue weighted by Gasteiger charge is -2.52. The van der Waals surface area contributed by atoms with Gasteiger partial charge in [0.1, 0.15) is 17.5 Å². The minimum absolute atomic E-state index is 0.102. The SMILES string of the molecule is CCCCC1CC2(CCN(C(=O)OC(C)(C)C)CC2)C1.Cc1ccc(C#N)c(F)c1. The smallest absolute Gasteiger partial charge is 0.410 e. The number of piperidine rings is 1. The van der Waals surface area contributed by atoms with E-state index in [1.165, 1.54) is 57.1 Å². The number of unbranched alkanes of at least 4 members (excludes halogenated alkanes) is 1. The maximum Gasteiger partial charge on any atom is 0.410 e. The lowest BCUT2D eigenvalue weighted by atomic mass is 9.56. The average molecular weight is 417 g/mol. The largest absolute Gasteiger partial charge is 0.444 e. The van der Waals surface area contributed by atoms with Crippen LogP contribution < -0.4 is 0 Å². The summed E-state index contributed by atoms with van der Waals surface area (Å²) in [7, 11) is 0. The molecule has 1 aliphatic carbocycles. The van der Waals surface area contributed by atoms with Crippen LogP contribution in [0.3, 0.4) is 0 Å². The van der Waals surface area contributed by atoms with Gasteiger partial charge in [-0.1, -0.05) is 32.3 Å². The van der Waals surface area contributed by atoms with Crippen molar-refractivity contribution in [2.45, 2.75) is 85.2 Å². The third kappa shape index (κ3) is 7.00. The fourth-order valence-corrected chi connectivity index (χ4v) is 4.47. The van der Waals surface area contributed by atoms with Crippen molar-refractivity contribution in [2.75, 3.05) is 13.1 Å². The normalized spacial score (nSPS) is 18.1. The molecule has 166 valence electrons. The molecule has 0 N–H and O–H groups in total. The molecule has 1 heterocycles. The van der Waals surface area contributed by atoms with Gasteiger partial charge < -0.3 is 9.64 Å². The summed E-state index contributed by atoms with van der Waals surface area (Å²) in [5.74, 6) is 0.519. The Labute approximate surface area is 181 Å². The van der Waals surface area contributed by atoms with Gasteiger partial charge in [0, 0.05) is 13.1 Å². The summed E-state index contributed by atoms with van der Waals surface area (Å²) in [6, 6.07) is 6.28. The molecule has 1 amide bonds. The zero-order chi connectivity index (χ0) is 22.4. The first-order valence-corrected chi connectivity index (χ1v) is 11.2. The summed E-state index contributed by atoms with van der Waals surface area (Å²) in [6.07, 6.45) is 9.12. The van der Waals surface area contributed by atoms with E-state index in [9.17, 15) is 9.18 Å². The molecule has 0 unspecified atom stereocenters. The molecule has 0 aromatic heterocycles. The van der Waals surface area contributed by atoms with E-state index in [-0.39, 0.29) is 17.3 Å². The van der Waals surface area contributed by atoms with Gasteiger partial charge in [-0.15, -0.1) is 0 Å². The van der Waals surface area contributed by atoms with Crippen LogP contribution in [-0.2, 0) is 4.74 Å². The number of amides is 1. The number of likely N-dealkylation sites (tertiary alicyclic amines) is 1. The van der Waals surface area contributed by atoms with E-state index in [1.807, 2.05) is 25.7 Å². The maximum atomic E-state index is 12.6. The van der Waals surface area contributed by atoms with Crippen molar-refractivity contribution >= 4 is 6.09 Å². The number of hydrogen-bond acceptors (Lipinski definition) is 3. The zero-order valence-electron chi connectivity index (χ0n) is 19.3. The molecular weight excluding hydrogens is 379 g/mol. The third-order valence-electron chi connectivity index (χ3n) is 6.13. The Kier molecular flexibility index (Phi) is 8.29. The molecule has 2 fully saturated rings. The number of hydrogen-bond donors (Lipinski definition) is 0. The van der Waals surface area contributed by atoms with E-state index in [1.54, 1.807) is 19.1 Å². The van der Waals surface area contributed by atoms with Gasteiger partial charge in [0.25, 0.3) is 0 Å². The number of aryl methyl sites for hydroxylation is 1. The number of carbonyl (C=O) groups is 1. The summed E-state index contributed by atoms with van der Waals surface area (Å²) >= 11 is 0. The molecule has 3 rings (SSSR count). The van der Waals surface area contributed by atoms with Crippen LogP contribution >= 0.6 is 0 Å². The van der Waals surface area contributed by atoms with Crippen molar-refractivity contribution < 1.29 is 13.9 Å². The second-order valence-corrected chi connectivity index (χ2v) is 9.98. The third-order valence-corrected chi connectivity index (χ3v) is 6.13. The van der Waals surface area contributed by atoms with Crippen molar-refractivity contribution in [1.29, 1.82) is 5.26 Å². The lowest BCUT2D eigenvalue weighted by molar-refractivity contribution is -0.0294. The van der Waals surface area contributed by atoms with E-state index in [4.69, 9.17) is 10.00 Å².